The predicted octanol–water partition coefficient (Wildman–Crippen LogP) is 3.74. The topological polar surface area (TPSA) is 71.3 Å². The molecule has 0 saturated heterocycles. The Kier molecular flexibility index (Phi) is 5.60. The lowest BCUT2D eigenvalue weighted by molar-refractivity contribution is -0.118. The van der Waals surface area contributed by atoms with Crippen molar-refractivity contribution < 1.29 is 14.0 Å². The summed E-state index contributed by atoms with van der Waals surface area (Å²) in [5.74, 6) is -0.547. The van der Waals surface area contributed by atoms with Crippen LogP contribution < -0.4 is 10.6 Å². The lowest BCUT2D eigenvalue weighted by Gasteiger charge is -2.21. The van der Waals surface area contributed by atoms with Gasteiger partial charge >= 0.3 is 0 Å². The molecule has 122 valence electrons. The highest BCUT2D eigenvalue weighted by molar-refractivity contribution is 9.10. The Labute approximate surface area is 143 Å². The number of carbonyl (C=O) groups is 2. The van der Waals surface area contributed by atoms with Crippen LogP contribution in [0.2, 0.25) is 0 Å². The summed E-state index contributed by atoms with van der Waals surface area (Å²) in [6.45, 7) is 5.66. The summed E-state index contributed by atoms with van der Waals surface area (Å²) in [6, 6.07) is 8.13. The second-order valence-electron chi connectivity index (χ2n) is 5.62. The van der Waals surface area contributed by atoms with E-state index in [2.05, 4.69) is 26.6 Å². The van der Waals surface area contributed by atoms with Gasteiger partial charge in [0.05, 0.1) is 6.26 Å². The van der Waals surface area contributed by atoms with Gasteiger partial charge in [-0.05, 0) is 48.7 Å². The molecule has 1 atom stereocenters. The Morgan fingerprint density at radius 2 is 1.96 bits per heavy atom. The van der Waals surface area contributed by atoms with Crippen LogP contribution in [0, 0.1) is 12.8 Å². The zero-order chi connectivity index (χ0) is 17.0. The van der Waals surface area contributed by atoms with Gasteiger partial charge in [0.15, 0.2) is 5.76 Å². The minimum Gasteiger partial charge on any atom is -0.459 e. The first-order valence-electron chi connectivity index (χ1n) is 7.30. The number of benzene rings is 1. The third kappa shape index (κ3) is 4.45. The number of hydrogen-bond acceptors (Lipinski definition) is 3. The first-order valence-corrected chi connectivity index (χ1v) is 8.09. The second-order valence-corrected chi connectivity index (χ2v) is 6.54. The zero-order valence-electron chi connectivity index (χ0n) is 13.2. The summed E-state index contributed by atoms with van der Waals surface area (Å²) in [6.07, 6.45) is 1.42. The maximum absolute atomic E-state index is 12.5. The average molecular weight is 379 g/mol. The molecule has 0 saturated carbocycles. The molecular weight excluding hydrogens is 360 g/mol. The second kappa shape index (κ2) is 7.46. The van der Waals surface area contributed by atoms with Gasteiger partial charge in [-0.3, -0.25) is 9.59 Å². The molecule has 23 heavy (non-hydrogen) atoms. The molecule has 0 fully saturated rings. The largest absolute Gasteiger partial charge is 0.459 e. The summed E-state index contributed by atoms with van der Waals surface area (Å²) < 4.78 is 6.00. The molecule has 0 aliphatic heterocycles. The Balaban J connectivity index is 2.10. The molecule has 0 aliphatic carbocycles. The number of furan rings is 1. The van der Waals surface area contributed by atoms with Gasteiger partial charge in [-0.25, -0.2) is 0 Å². The molecular formula is C17H19BrN2O3. The van der Waals surface area contributed by atoms with Crippen LogP contribution in [-0.2, 0) is 4.79 Å². The minimum absolute atomic E-state index is 0.0651. The number of nitrogens with one attached hydrogen (secondary N) is 2. The maximum Gasteiger partial charge on any atom is 0.287 e. The van der Waals surface area contributed by atoms with Crippen molar-refractivity contribution in [2.24, 2.45) is 5.92 Å². The smallest absolute Gasteiger partial charge is 0.287 e. The number of hydrogen-bond donors (Lipinski definition) is 2. The normalized spacial score (nSPS) is 12.0. The first kappa shape index (κ1) is 17.3. The lowest BCUT2D eigenvalue weighted by atomic mass is 10.0. The third-order valence-corrected chi connectivity index (χ3v) is 3.92. The summed E-state index contributed by atoms with van der Waals surface area (Å²) in [4.78, 5) is 24.6. The van der Waals surface area contributed by atoms with E-state index in [4.69, 9.17) is 4.42 Å². The van der Waals surface area contributed by atoms with Crippen LogP contribution >= 0.6 is 15.9 Å². The molecule has 1 heterocycles. The maximum atomic E-state index is 12.5. The number of amides is 2. The van der Waals surface area contributed by atoms with Gasteiger partial charge in [0.2, 0.25) is 5.91 Å². The fourth-order valence-corrected chi connectivity index (χ4v) is 2.61. The lowest BCUT2D eigenvalue weighted by Crippen LogP contribution is -2.47. The highest BCUT2D eigenvalue weighted by atomic mass is 79.9. The summed E-state index contributed by atoms with van der Waals surface area (Å²) in [5.41, 5.74) is 1.66. The van der Waals surface area contributed by atoms with Crippen LogP contribution in [0.15, 0.2) is 45.5 Å². The Bertz CT molecular complexity index is 696. The van der Waals surface area contributed by atoms with Crippen molar-refractivity contribution >= 4 is 33.4 Å². The molecule has 2 N–H and O–H groups in total. The van der Waals surface area contributed by atoms with E-state index in [1.165, 1.54) is 6.26 Å². The van der Waals surface area contributed by atoms with Crippen molar-refractivity contribution in [3.8, 4) is 0 Å². The van der Waals surface area contributed by atoms with E-state index < -0.39 is 11.9 Å². The van der Waals surface area contributed by atoms with Gasteiger partial charge < -0.3 is 15.1 Å². The Morgan fingerprint density at radius 3 is 2.52 bits per heavy atom. The molecule has 0 radical (unpaired) electrons. The highest BCUT2D eigenvalue weighted by Gasteiger charge is 2.25. The summed E-state index contributed by atoms with van der Waals surface area (Å²) in [5, 5.41) is 5.58. The van der Waals surface area contributed by atoms with Crippen molar-refractivity contribution in [3.05, 3.63) is 52.4 Å². The number of anilines is 1. The van der Waals surface area contributed by atoms with Gasteiger partial charge in [0, 0.05) is 10.2 Å². The molecule has 2 aromatic rings. The van der Waals surface area contributed by atoms with Gasteiger partial charge in [0.1, 0.15) is 6.04 Å². The van der Waals surface area contributed by atoms with E-state index in [9.17, 15) is 9.59 Å². The molecule has 0 aliphatic rings. The van der Waals surface area contributed by atoms with E-state index in [1.807, 2.05) is 39.0 Å². The molecule has 1 aromatic carbocycles. The van der Waals surface area contributed by atoms with Crippen LogP contribution in [0.4, 0.5) is 5.69 Å². The SMILES string of the molecule is Cc1cc(Br)ccc1NC(=O)C(NC(=O)c1ccco1)C(C)C. The molecule has 5 nitrogen and oxygen atoms in total. The van der Waals surface area contributed by atoms with Crippen LogP contribution in [0.25, 0.3) is 0 Å². The van der Waals surface area contributed by atoms with E-state index >= 15 is 0 Å². The summed E-state index contributed by atoms with van der Waals surface area (Å²) >= 11 is 3.39. The first-order chi connectivity index (χ1) is 10.9. The molecule has 0 spiro atoms. The predicted molar refractivity (Wildman–Crippen MR) is 92.3 cm³/mol. The van der Waals surface area contributed by atoms with Crippen molar-refractivity contribution in [1.29, 1.82) is 0 Å². The molecule has 1 aromatic heterocycles. The number of halogens is 1. The van der Waals surface area contributed by atoms with E-state index in [1.54, 1.807) is 12.1 Å². The van der Waals surface area contributed by atoms with E-state index in [0.717, 1.165) is 15.7 Å². The monoisotopic (exact) mass is 378 g/mol. The van der Waals surface area contributed by atoms with Crippen molar-refractivity contribution in [1.82, 2.24) is 5.32 Å². The fraction of sp³-hybridized carbons (Fsp3) is 0.294. The van der Waals surface area contributed by atoms with Gasteiger partial charge in [-0.1, -0.05) is 29.8 Å². The zero-order valence-corrected chi connectivity index (χ0v) is 14.8. The van der Waals surface area contributed by atoms with Crippen LogP contribution in [-0.4, -0.2) is 17.9 Å². The Morgan fingerprint density at radius 1 is 1.22 bits per heavy atom. The molecule has 2 rings (SSSR count). The minimum atomic E-state index is -0.657. The van der Waals surface area contributed by atoms with Gasteiger partial charge in [0.25, 0.3) is 5.91 Å². The van der Waals surface area contributed by atoms with Crippen LogP contribution in [0.5, 0.6) is 0 Å². The molecule has 6 heteroatoms. The fourth-order valence-electron chi connectivity index (χ4n) is 2.13. The number of aryl methyl sites for hydroxylation is 1. The van der Waals surface area contributed by atoms with Gasteiger partial charge in [-0.15, -0.1) is 0 Å². The van der Waals surface area contributed by atoms with E-state index in [0.29, 0.717) is 0 Å². The third-order valence-electron chi connectivity index (χ3n) is 3.43. The average Bonchev–Trinajstić information content (AvgIpc) is 3.01. The number of carbonyl (C=O) groups excluding carboxylic acids is 2. The van der Waals surface area contributed by atoms with Crippen molar-refractivity contribution in [3.63, 3.8) is 0 Å². The van der Waals surface area contributed by atoms with Crippen LogP contribution in [0.3, 0.4) is 0 Å². The van der Waals surface area contributed by atoms with Gasteiger partial charge in [-0.2, -0.15) is 0 Å². The van der Waals surface area contributed by atoms with Crippen LogP contribution in [0.1, 0.15) is 30.0 Å². The quantitative estimate of drug-likeness (QED) is 0.831. The van der Waals surface area contributed by atoms with E-state index in [-0.39, 0.29) is 17.6 Å². The van der Waals surface area contributed by atoms with Crippen molar-refractivity contribution in [2.45, 2.75) is 26.8 Å². The standard InChI is InChI=1S/C17H19BrN2O3/c1-10(2)15(20-16(21)14-5-4-8-23-14)17(22)19-13-7-6-12(18)9-11(13)3/h4-10,15H,1-3H3,(H,19,22)(H,20,21). The highest BCUT2D eigenvalue weighted by Crippen LogP contribution is 2.20. The molecule has 2 amide bonds. The number of rotatable bonds is 5. The molecule has 1 unspecified atom stereocenters. The Hall–Kier alpha value is -2.08. The summed E-state index contributed by atoms with van der Waals surface area (Å²) in [7, 11) is 0. The molecule has 0 bridgehead atoms. The van der Waals surface area contributed by atoms with Crippen molar-refractivity contribution in [2.75, 3.05) is 5.32 Å².